The summed E-state index contributed by atoms with van der Waals surface area (Å²) in [7, 11) is 0. The van der Waals surface area contributed by atoms with Crippen LogP contribution >= 0.6 is 0 Å². The first kappa shape index (κ1) is 17.7. The fraction of sp³-hybridized carbons (Fsp3) is 0.300. The molecule has 2 aromatic carbocycles. The molecule has 2 aromatic rings. The minimum atomic E-state index is -0.379. The highest BCUT2D eigenvalue weighted by molar-refractivity contribution is 6.06. The molecule has 0 spiro atoms. The second-order valence-corrected chi connectivity index (χ2v) is 5.94. The van der Waals surface area contributed by atoms with Crippen LogP contribution in [0.4, 0.5) is 5.69 Å². The monoisotopic (exact) mass is 325 g/mol. The summed E-state index contributed by atoms with van der Waals surface area (Å²) in [5.74, 6) is -0.556. The number of amides is 1. The van der Waals surface area contributed by atoms with E-state index in [0.29, 0.717) is 23.4 Å². The lowest BCUT2D eigenvalue weighted by molar-refractivity contribution is 0.0505. The van der Waals surface area contributed by atoms with E-state index in [1.165, 1.54) is 0 Å². The zero-order valence-electron chi connectivity index (χ0n) is 14.6. The molecule has 1 N–H and O–H groups in total. The number of rotatable bonds is 5. The molecule has 126 valence electrons. The molecule has 0 unspecified atom stereocenters. The smallest absolute Gasteiger partial charge is 0.338 e. The van der Waals surface area contributed by atoms with Gasteiger partial charge in [-0.1, -0.05) is 30.7 Å². The summed E-state index contributed by atoms with van der Waals surface area (Å²) in [6.45, 7) is 8.18. The number of esters is 1. The molecule has 0 aromatic heterocycles. The predicted molar refractivity (Wildman–Crippen MR) is 95.6 cm³/mol. The van der Waals surface area contributed by atoms with E-state index in [0.717, 1.165) is 23.1 Å². The molecule has 4 nitrogen and oxygen atoms in total. The van der Waals surface area contributed by atoms with E-state index in [1.54, 1.807) is 24.3 Å². The molecule has 0 heterocycles. The average Bonchev–Trinajstić information content (AvgIpc) is 2.51. The normalized spacial score (nSPS) is 10.3. The summed E-state index contributed by atoms with van der Waals surface area (Å²) < 4.78 is 5.12. The number of hydrogen-bond acceptors (Lipinski definition) is 3. The topological polar surface area (TPSA) is 55.4 Å². The van der Waals surface area contributed by atoms with E-state index in [-0.39, 0.29) is 11.9 Å². The average molecular weight is 325 g/mol. The molecule has 0 aliphatic carbocycles. The van der Waals surface area contributed by atoms with Crippen molar-refractivity contribution in [3.8, 4) is 0 Å². The Kier molecular flexibility index (Phi) is 5.74. The van der Waals surface area contributed by atoms with E-state index < -0.39 is 0 Å². The number of benzene rings is 2. The Balaban J connectivity index is 2.20. The van der Waals surface area contributed by atoms with Gasteiger partial charge in [-0.15, -0.1) is 0 Å². The first-order valence-electron chi connectivity index (χ1n) is 8.08. The molecule has 0 fully saturated rings. The van der Waals surface area contributed by atoms with Crippen molar-refractivity contribution >= 4 is 17.6 Å². The maximum atomic E-state index is 12.6. The molecular formula is C20H23NO3. The van der Waals surface area contributed by atoms with Crippen LogP contribution in [0.3, 0.4) is 0 Å². The molecule has 0 saturated heterocycles. The Morgan fingerprint density at radius 1 is 1.04 bits per heavy atom. The second-order valence-electron chi connectivity index (χ2n) is 5.94. The van der Waals surface area contributed by atoms with Gasteiger partial charge in [0.1, 0.15) is 0 Å². The zero-order valence-corrected chi connectivity index (χ0v) is 14.6. The maximum absolute atomic E-state index is 12.6. The van der Waals surface area contributed by atoms with Crippen LogP contribution in [0.2, 0.25) is 0 Å². The van der Waals surface area contributed by atoms with E-state index in [2.05, 4.69) is 5.32 Å². The van der Waals surface area contributed by atoms with Gasteiger partial charge in [0.25, 0.3) is 5.91 Å². The summed E-state index contributed by atoms with van der Waals surface area (Å²) in [4.78, 5) is 24.5. The highest BCUT2D eigenvalue weighted by atomic mass is 16.5. The number of carbonyl (C=O) groups is 2. The lowest BCUT2D eigenvalue weighted by Crippen LogP contribution is -2.16. The standard InChI is InChI=1S/C20H23NO3/c1-5-9-24-20(23)16-7-6-8-17(12-16)21-19(22)18-14(3)10-13(2)11-15(18)4/h6-8,10-12H,5,9H2,1-4H3,(H,21,22). The fourth-order valence-corrected chi connectivity index (χ4v) is 2.73. The number of anilines is 1. The van der Waals surface area contributed by atoms with E-state index in [9.17, 15) is 9.59 Å². The van der Waals surface area contributed by atoms with Crippen molar-refractivity contribution < 1.29 is 14.3 Å². The lowest BCUT2D eigenvalue weighted by Gasteiger charge is -2.12. The Morgan fingerprint density at radius 2 is 1.71 bits per heavy atom. The summed E-state index contributed by atoms with van der Waals surface area (Å²) >= 11 is 0. The van der Waals surface area contributed by atoms with Gasteiger partial charge in [-0.2, -0.15) is 0 Å². The van der Waals surface area contributed by atoms with Crippen LogP contribution in [-0.4, -0.2) is 18.5 Å². The lowest BCUT2D eigenvalue weighted by atomic mass is 9.99. The van der Waals surface area contributed by atoms with Crippen LogP contribution in [0, 0.1) is 20.8 Å². The highest BCUT2D eigenvalue weighted by Gasteiger charge is 2.14. The number of aryl methyl sites for hydroxylation is 3. The van der Waals surface area contributed by atoms with Crippen LogP contribution in [0.5, 0.6) is 0 Å². The van der Waals surface area contributed by atoms with Crippen molar-refractivity contribution in [1.82, 2.24) is 0 Å². The van der Waals surface area contributed by atoms with E-state index in [1.807, 2.05) is 39.8 Å². The number of ether oxygens (including phenoxy) is 1. The fourth-order valence-electron chi connectivity index (χ4n) is 2.73. The second kappa shape index (κ2) is 7.77. The molecule has 0 aliphatic rings. The molecule has 2 rings (SSSR count). The van der Waals surface area contributed by atoms with Gasteiger partial charge in [-0.05, 0) is 56.5 Å². The highest BCUT2D eigenvalue weighted by Crippen LogP contribution is 2.19. The van der Waals surface area contributed by atoms with Gasteiger partial charge >= 0.3 is 5.97 Å². The van der Waals surface area contributed by atoms with Gasteiger partial charge in [0, 0.05) is 11.3 Å². The van der Waals surface area contributed by atoms with Crippen molar-refractivity contribution in [2.45, 2.75) is 34.1 Å². The van der Waals surface area contributed by atoms with Crippen LogP contribution in [0.1, 0.15) is 50.8 Å². The molecule has 24 heavy (non-hydrogen) atoms. The molecule has 0 radical (unpaired) electrons. The van der Waals surface area contributed by atoms with Crippen molar-refractivity contribution in [2.75, 3.05) is 11.9 Å². The third-order valence-electron chi connectivity index (χ3n) is 3.70. The Hall–Kier alpha value is -2.62. The van der Waals surface area contributed by atoms with Crippen LogP contribution in [0.25, 0.3) is 0 Å². The SMILES string of the molecule is CCCOC(=O)c1cccc(NC(=O)c2c(C)cc(C)cc2C)c1. The minimum absolute atomic E-state index is 0.177. The van der Waals surface area contributed by atoms with Gasteiger partial charge in [0.15, 0.2) is 0 Å². The first-order valence-corrected chi connectivity index (χ1v) is 8.08. The first-order chi connectivity index (χ1) is 11.4. The largest absolute Gasteiger partial charge is 0.462 e. The Labute approximate surface area is 142 Å². The van der Waals surface area contributed by atoms with Crippen molar-refractivity contribution in [3.63, 3.8) is 0 Å². The van der Waals surface area contributed by atoms with Crippen LogP contribution < -0.4 is 5.32 Å². The third kappa shape index (κ3) is 4.22. The summed E-state index contributed by atoms with van der Waals surface area (Å²) in [6, 6.07) is 10.8. The van der Waals surface area contributed by atoms with Gasteiger partial charge in [-0.3, -0.25) is 4.79 Å². The van der Waals surface area contributed by atoms with Crippen molar-refractivity contribution in [3.05, 3.63) is 64.2 Å². The molecule has 0 bridgehead atoms. The van der Waals surface area contributed by atoms with Gasteiger partial charge < -0.3 is 10.1 Å². The van der Waals surface area contributed by atoms with E-state index >= 15 is 0 Å². The summed E-state index contributed by atoms with van der Waals surface area (Å²) in [5, 5.41) is 2.86. The summed E-state index contributed by atoms with van der Waals surface area (Å²) in [6.07, 6.45) is 0.772. The quantitative estimate of drug-likeness (QED) is 0.827. The van der Waals surface area contributed by atoms with Gasteiger partial charge in [0.05, 0.1) is 12.2 Å². The molecule has 0 saturated carbocycles. The molecule has 0 aliphatic heterocycles. The molecular weight excluding hydrogens is 302 g/mol. The van der Waals surface area contributed by atoms with Crippen LogP contribution in [-0.2, 0) is 4.74 Å². The number of carbonyl (C=O) groups excluding carboxylic acids is 2. The third-order valence-corrected chi connectivity index (χ3v) is 3.70. The molecule has 0 atom stereocenters. The van der Waals surface area contributed by atoms with Gasteiger partial charge in [0.2, 0.25) is 0 Å². The predicted octanol–water partition coefficient (Wildman–Crippen LogP) is 4.43. The zero-order chi connectivity index (χ0) is 17.7. The summed E-state index contributed by atoms with van der Waals surface area (Å²) in [5.41, 5.74) is 4.66. The van der Waals surface area contributed by atoms with Gasteiger partial charge in [-0.25, -0.2) is 4.79 Å². The number of hydrogen-bond donors (Lipinski definition) is 1. The van der Waals surface area contributed by atoms with Crippen molar-refractivity contribution in [2.24, 2.45) is 0 Å². The maximum Gasteiger partial charge on any atom is 0.338 e. The molecule has 4 heteroatoms. The Bertz CT molecular complexity index is 742. The minimum Gasteiger partial charge on any atom is -0.462 e. The van der Waals surface area contributed by atoms with E-state index in [4.69, 9.17) is 4.74 Å². The number of nitrogens with one attached hydrogen (secondary N) is 1. The van der Waals surface area contributed by atoms with Crippen molar-refractivity contribution in [1.29, 1.82) is 0 Å². The molecule has 1 amide bonds. The van der Waals surface area contributed by atoms with Crippen LogP contribution in [0.15, 0.2) is 36.4 Å². The Morgan fingerprint density at radius 3 is 2.33 bits per heavy atom.